The standard InChI is InChI=1S/C15H20O4/c1-10(7-13(17)18)5-6-15(19)11(2)8-12(16)9-14(15,3)4/h5-8,19H,9H2,1-4H3,(H,17,18)/b6-5?,10-7-/t15-/m1/s1. The van der Waals surface area contributed by atoms with Gasteiger partial charge in [-0.2, -0.15) is 0 Å². The van der Waals surface area contributed by atoms with Gasteiger partial charge in [0, 0.05) is 17.9 Å². The highest BCUT2D eigenvalue weighted by atomic mass is 16.4. The summed E-state index contributed by atoms with van der Waals surface area (Å²) in [5.74, 6) is -1.03. The summed E-state index contributed by atoms with van der Waals surface area (Å²) < 4.78 is 0. The zero-order valence-electron chi connectivity index (χ0n) is 11.7. The smallest absolute Gasteiger partial charge is 0.328 e. The Kier molecular flexibility index (Phi) is 4.15. The fourth-order valence-corrected chi connectivity index (χ4v) is 2.36. The lowest BCUT2D eigenvalue weighted by molar-refractivity contribution is -0.131. The lowest BCUT2D eigenvalue weighted by Gasteiger charge is -2.43. The molecule has 19 heavy (non-hydrogen) atoms. The van der Waals surface area contributed by atoms with Gasteiger partial charge < -0.3 is 10.2 Å². The summed E-state index contributed by atoms with van der Waals surface area (Å²) in [4.78, 5) is 22.1. The van der Waals surface area contributed by atoms with E-state index >= 15 is 0 Å². The lowest BCUT2D eigenvalue weighted by Crippen LogP contribution is -2.48. The van der Waals surface area contributed by atoms with E-state index in [1.54, 1.807) is 26.0 Å². The molecule has 1 aliphatic carbocycles. The first-order chi connectivity index (χ1) is 8.58. The minimum atomic E-state index is -1.24. The van der Waals surface area contributed by atoms with E-state index in [1.807, 2.05) is 13.8 Å². The maximum atomic E-state index is 11.6. The number of carboxylic acids is 1. The van der Waals surface area contributed by atoms with Gasteiger partial charge in [-0.15, -0.1) is 0 Å². The minimum absolute atomic E-state index is 0.00150. The molecule has 4 heteroatoms. The van der Waals surface area contributed by atoms with Crippen molar-refractivity contribution in [3.63, 3.8) is 0 Å². The van der Waals surface area contributed by atoms with Crippen molar-refractivity contribution in [2.75, 3.05) is 0 Å². The summed E-state index contributed by atoms with van der Waals surface area (Å²) in [6.45, 7) is 7.00. The lowest BCUT2D eigenvalue weighted by atomic mass is 9.64. The van der Waals surface area contributed by atoms with E-state index in [1.165, 1.54) is 6.08 Å². The fourth-order valence-electron chi connectivity index (χ4n) is 2.36. The van der Waals surface area contributed by atoms with Crippen molar-refractivity contribution in [2.24, 2.45) is 5.41 Å². The molecule has 0 saturated heterocycles. The van der Waals surface area contributed by atoms with Crippen LogP contribution in [0.2, 0.25) is 0 Å². The average molecular weight is 264 g/mol. The second kappa shape index (κ2) is 5.13. The number of ketones is 1. The van der Waals surface area contributed by atoms with Crippen LogP contribution in [0.1, 0.15) is 34.1 Å². The Balaban J connectivity index is 3.15. The minimum Gasteiger partial charge on any atom is -0.478 e. The monoisotopic (exact) mass is 264 g/mol. The Bertz CT molecular complexity index is 494. The van der Waals surface area contributed by atoms with Gasteiger partial charge in [0.05, 0.1) is 0 Å². The van der Waals surface area contributed by atoms with E-state index < -0.39 is 17.0 Å². The Morgan fingerprint density at radius 3 is 2.47 bits per heavy atom. The van der Waals surface area contributed by atoms with E-state index in [0.717, 1.165) is 6.08 Å². The highest BCUT2D eigenvalue weighted by molar-refractivity contribution is 5.92. The van der Waals surface area contributed by atoms with Crippen molar-refractivity contribution in [1.82, 2.24) is 0 Å². The molecule has 0 aliphatic heterocycles. The Morgan fingerprint density at radius 1 is 1.42 bits per heavy atom. The third kappa shape index (κ3) is 3.20. The molecule has 0 heterocycles. The van der Waals surface area contributed by atoms with Crippen LogP contribution in [0.4, 0.5) is 0 Å². The van der Waals surface area contributed by atoms with Crippen LogP contribution in [0.5, 0.6) is 0 Å². The number of aliphatic carboxylic acids is 1. The van der Waals surface area contributed by atoms with Gasteiger partial charge in [0.1, 0.15) is 5.60 Å². The third-order valence-electron chi connectivity index (χ3n) is 3.57. The quantitative estimate of drug-likeness (QED) is 0.605. The van der Waals surface area contributed by atoms with Crippen molar-refractivity contribution in [2.45, 2.75) is 39.7 Å². The molecular weight excluding hydrogens is 244 g/mol. The van der Waals surface area contributed by atoms with Crippen LogP contribution in [0, 0.1) is 5.41 Å². The molecule has 0 aromatic rings. The highest BCUT2D eigenvalue weighted by Gasteiger charge is 2.46. The van der Waals surface area contributed by atoms with Crippen LogP contribution < -0.4 is 0 Å². The Hall–Kier alpha value is -1.68. The molecular formula is C15H20O4. The molecule has 1 rings (SSSR count). The number of carbonyl (C=O) groups is 2. The first kappa shape index (κ1) is 15.4. The SMILES string of the molecule is CC1=CC(=O)CC(C)(C)[C@@]1(O)C=C/C(C)=C\C(=O)O. The molecule has 0 fully saturated rings. The number of carbonyl (C=O) groups excluding carboxylic acids is 1. The van der Waals surface area contributed by atoms with Gasteiger partial charge in [0.15, 0.2) is 5.78 Å². The molecule has 0 saturated carbocycles. The fraction of sp³-hybridized carbons (Fsp3) is 0.467. The van der Waals surface area contributed by atoms with Crippen LogP contribution >= 0.6 is 0 Å². The Morgan fingerprint density at radius 2 is 2.00 bits per heavy atom. The first-order valence-electron chi connectivity index (χ1n) is 6.13. The molecule has 0 bridgehead atoms. The van der Waals surface area contributed by atoms with Gasteiger partial charge in [-0.1, -0.05) is 19.9 Å². The number of hydrogen-bond donors (Lipinski definition) is 2. The molecule has 0 aromatic heterocycles. The molecule has 0 unspecified atom stereocenters. The zero-order valence-corrected chi connectivity index (χ0v) is 11.7. The zero-order chi connectivity index (χ0) is 14.8. The number of rotatable bonds is 3. The molecule has 4 nitrogen and oxygen atoms in total. The summed E-state index contributed by atoms with van der Waals surface area (Å²) >= 11 is 0. The maximum Gasteiger partial charge on any atom is 0.328 e. The van der Waals surface area contributed by atoms with E-state index in [4.69, 9.17) is 5.11 Å². The van der Waals surface area contributed by atoms with Crippen molar-refractivity contribution in [3.8, 4) is 0 Å². The molecule has 1 atom stereocenters. The molecule has 0 amide bonds. The van der Waals surface area contributed by atoms with Gasteiger partial charge in [0.2, 0.25) is 0 Å². The van der Waals surface area contributed by atoms with Crippen LogP contribution in [-0.4, -0.2) is 27.6 Å². The molecule has 0 aromatic carbocycles. The number of allylic oxidation sites excluding steroid dienone is 3. The topological polar surface area (TPSA) is 74.6 Å². The van der Waals surface area contributed by atoms with E-state index in [2.05, 4.69) is 0 Å². The normalized spacial score (nSPS) is 27.5. The van der Waals surface area contributed by atoms with Crippen LogP contribution in [0.3, 0.4) is 0 Å². The molecule has 0 spiro atoms. The van der Waals surface area contributed by atoms with E-state index in [9.17, 15) is 14.7 Å². The average Bonchev–Trinajstić information content (AvgIpc) is 2.21. The Labute approximate surface area is 113 Å². The van der Waals surface area contributed by atoms with Gasteiger partial charge in [-0.3, -0.25) is 4.79 Å². The molecule has 2 N–H and O–H groups in total. The molecule has 1 aliphatic rings. The summed E-state index contributed by atoms with van der Waals surface area (Å²) in [6, 6.07) is 0. The van der Waals surface area contributed by atoms with Crippen LogP contribution in [0.15, 0.2) is 35.5 Å². The van der Waals surface area contributed by atoms with Crippen molar-refractivity contribution in [1.29, 1.82) is 0 Å². The number of carboxylic acid groups (broad SMARTS) is 1. The van der Waals surface area contributed by atoms with Crippen LogP contribution in [-0.2, 0) is 9.59 Å². The summed E-state index contributed by atoms with van der Waals surface area (Å²) in [5.41, 5.74) is -0.758. The largest absolute Gasteiger partial charge is 0.478 e. The van der Waals surface area contributed by atoms with Gasteiger partial charge >= 0.3 is 5.97 Å². The van der Waals surface area contributed by atoms with Gasteiger partial charge in [-0.05, 0) is 37.1 Å². The van der Waals surface area contributed by atoms with Crippen molar-refractivity contribution < 1.29 is 19.8 Å². The van der Waals surface area contributed by atoms with Gasteiger partial charge in [0.25, 0.3) is 0 Å². The van der Waals surface area contributed by atoms with Crippen molar-refractivity contribution in [3.05, 3.63) is 35.5 Å². The second-order valence-corrected chi connectivity index (χ2v) is 5.68. The number of aliphatic hydroxyl groups is 1. The number of hydrogen-bond acceptors (Lipinski definition) is 3. The summed E-state index contributed by atoms with van der Waals surface area (Å²) in [6.07, 6.45) is 5.92. The van der Waals surface area contributed by atoms with Gasteiger partial charge in [-0.25, -0.2) is 4.79 Å². The molecule has 0 radical (unpaired) electrons. The highest BCUT2D eigenvalue weighted by Crippen LogP contribution is 2.44. The summed E-state index contributed by atoms with van der Waals surface area (Å²) in [5, 5.41) is 19.4. The second-order valence-electron chi connectivity index (χ2n) is 5.68. The van der Waals surface area contributed by atoms with Crippen molar-refractivity contribution >= 4 is 11.8 Å². The first-order valence-corrected chi connectivity index (χ1v) is 6.13. The predicted octanol–water partition coefficient (Wildman–Crippen LogP) is 2.25. The van der Waals surface area contributed by atoms with E-state index in [0.29, 0.717) is 11.1 Å². The van der Waals surface area contributed by atoms with E-state index in [-0.39, 0.29) is 12.2 Å². The summed E-state index contributed by atoms with van der Waals surface area (Å²) in [7, 11) is 0. The molecule has 104 valence electrons. The van der Waals surface area contributed by atoms with Crippen LogP contribution in [0.25, 0.3) is 0 Å². The maximum absolute atomic E-state index is 11.6. The third-order valence-corrected chi connectivity index (χ3v) is 3.57. The predicted molar refractivity (Wildman–Crippen MR) is 72.6 cm³/mol.